The molecule has 3 aromatic carbocycles. The lowest BCUT2D eigenvalue weighted by atomic mass is 9.79. The van der Waals surface area contributed by atoms with Crippen molar-refractivity contribution in [2.75, 3.05) is 6.61 Å². The topological polar surface area (TPSA) is 258 Å². The molecule has 50 heavy (non-hydrogen) atoms. The van der Waals surface area contributed by atoms with Gasteiger partial charge in [-0.05, 0) is 71.3 Å². The quantitative estimate of drug-likeness (QED) is 0.0771. The first-order valence-electron chi connectivity index (χ1n) is 14.7. The van der Waals surface area contributed by atoms with Crippen LogP contribution in [0.15, 0.2) is 72.8 Å². The fourth-order valence-corrected chi connectivity index (χ4v) is 4.86. The van der Waals surface area contributed by atoms with Gasteiger partial charge in [-0.3, -0.25) is 4.79 Å². The Hall–Kier alpha value is -6.32. The van der Waals surface area contributed by atoms with Gasteiger partial charge >= 0.3 is 17.9 Å². The van der Waals surface area contributed by atoms with E-state index in [1.54, 1.807) is 0 Å². The first kappa shape index (κ1) is 36.5. The smallest absolute Gasteiger partial charge is 0.335 e. The Morgan fingerprint density at radius 3 is 1.48 bits per heavy atom. The van der Waals surface area contributed by atoms with Crippen LogP contribution in [0, 0.1) is 0 Å². The van der Waals surface area contributed by atoms with E-state index in [2.05, 4.69) is 0 Å². The van der Waals surface area contributed by atoms with Crippen LogP contribution in [0.1, 0.15) is 29.5 Å². The number of hydrogen-bond acceptors (Lipinski definition) is 14. The van der Waals surface area contributed by atoms with Crippen LogP contribution in [0.3, 0.4) is 0 Å². The standard InChI is InChI=1S/C35H32O15/c36-22(7-1-19-2-8-23(37)26(40)13-19)18-48-29-16-35(47,34(45)46)17-30(49-31(43)11-5-20-3-9-24(38)27(41)14-20)33(29)50-32(44)12-6-21-4-10-25(39)28(42)15-21/h1-15,29-30,33,37-42,47H,16-18H2,(H,45,46)/b7-1+,11-5+,12-6+/t29-,30-,33+,35-/m1/s1. The highest BCUT2D eigenvalue weighted by Gasteiger charge is 2.53. The Balaban J connectivity index is 1.58. The zero-order chi connectivity index (χ0) is 36.6. The van der Waals surface area contributed by atoms with Crippen molar-refractivity contribution in [3.05, 3.63) is 89.5 Å². The average Bonchev–Trinajstić information content (AvgIpc) is 3.06. The third-order valence-electron chi connectivity index (χ3n) is 7.45. The minimum absolute atomic E-state index is 0.270. The molecule has 1 saturated carbocycles. The monoisotopic (exact) mass is 692 g/mol. The first-order chi connectivity index (χ1) is 23.6. The van der Waals surface area contributed by atoms with E-state index in [0.717, 1.165) is 30.4 Å². The maximum Gasteiger partial charge on any atom is 0.335 e. The summed E-state index contributed by atoms with van der Waals surface area (Å²) >= 11 is 0. The second-order valence-electron chi connectivity index (χ2n) is 11.2. The molecule has 1 aliphatic carbocycles. The summed E-state index contributed by atoms with van der Waals surface area (Å²) in [6, 6.07) is 11.2. The lowest BCUT2D eigenvalue weighted by molar-refractivity contribution is -0.210. The Morgan fingerprint density at radius 1 is 0.620 bits per heavy atom. The third-order valence-corrected chi connectivity index (χ3v) is 7.45. The number of hydrogen-bond donors (Lipinski definition) is 8. The number of ether oxygens (including phenoxy) is 3. The van der Waals surface area contributed by atoms with Crippen LogP contribution < -0.4 is 0 Å². The van der Waals surface area contributed by atoms with Gasteiger partial charge in [-0.15, -0.1) is 0 Å². The summed E-state index contributed by atoms with van der Waals surface area (Å²) in [6.45, 7) is -0.720. The number of carboxylic acids is 1. The number of carbonyl (C=O) groups excluding carboxylic acids is 3. The molecule has 1 aliphatic rings. The molecule has 0 bridgehead atoms. The molecule has 0 aromatic heterocycles. The maximum atomic E-state index is 13.0. The molecule has 0 radical (unpaired) electrons. The molecule has 0 spiro atoms. The van der Waals surface area contributed by atoms with E-state index in [1.807, 2.05) is 0 Å². The van der Waals surface area contributed by atoms with E-state index < -0.39 is 95.8 Å². The predicted molar refractivity (Wildman–Crippen MR) is 173 cm³/mol. The molecule has 0 saturated heterocycles. The Morgan fingerprint density at radius 2 is 1.04 bits per heavy atom. The molecule has 15 nitrogen and oxygen atoms in total. The Labute approximate surface area is 283 Å². The van der Waals surface area contributed by atoms with Crippen molar-refractivity contribution in [2.24, 2.45) is 0 Å². The summed E-state index contributed by atoms with van der Waals surface area (Å²) in [6.07, 6.45) is 0.443. The van der Waals surface area contributed by atoms with Crippen molar-refractivity contribution in [2.45, 2.75) is 36.8 Å². The van der Waals surface area contributed by atoms with Crippen molar-refractivity contribution in [1.29, 1.82) is 0 Å². The Kier molecular flexibility index (Phi) is 11.5. The van der Waals surface area contributed by atoms with E-state index in [-0.39, 0.29) is 16.9 Å². The SMILES string of the molecule is O=C(/C=C/c1ccc(O)c(O)c1)CO[C@@H]1C[C@](O)(C(=O)O)C[C@@H](OC(=O)/C=C/c2ccc(O)c(O)c2)[C@H]1OC(=O)/C=C/c1ccc(O)c(O)c1. The van der Waals surface area contributed by atoms with Gasteiger partial charge in [-0.25, -0.2) is 14.4 Å². The van der Waals surface area contributed by atoms with Gasteiger partial charge in [0.05, 0.1) is 0 Å². The lowest BCUT2D eigenvalue weighted by Gasteiger charge is -2.42. The molecule has 1 fully saturated rings. The van der Waals surface area contributed by atoms with Crippen LogP contribution in [0.5, 0.6) is 34.5 Å². The van der Waals surface area contributed by atoms with E-state index in [0.29, 0.717) is 5.56 Å². The normalized spacial score (nSPS) is 20.6. The lowest BCUT2D eigenvalue weighted by Crippen LogP contribution is -2.59. The number of carboxylic acid groups (broad SMARTS) is 1. The van der Waals surface area contributed by atoms with Crippen molar-refractivity contribution in [1.82, 2.24) is 0 Å². The fraction of sp³-hybridized carbons (Fsp3) is 0.200. The van der Waals surface area contributed by atoms with Crippen molar-refractivity contribution >= 4 is 41.9 Å². The van der Waals surface area contributed by atoms with Crippen molar-refractivity contribution in [3.8, 4) is 34.5 Å². The largest absolute Gasteiger partial charge is 0.504 e. The van der Waals surface area contributed by atoms with Gasteiger partial charge in [-0.2, -0.15) is 0 Å². The molecule has 3 aromatic rings. The molecule has 15 heteroatoms. The average molecular weight is 693 g/mol. The number of aliphatic carboxylic acids is 1. The van der Waals surface area contributed by atoms with Crippen LogP contribution >= 0.6 is 0 Å². The highest BCUT2D eigenvalue weighted by atomic mass is 16.6. The van der Waals surface area contributed by atoms with E-state index in [1.165, 1.54) is 60.7 Å². The molecular formula is C35H32O15. The number of carbonyl (C=O) groups is 4. The third kappa shape index (κ3) is 9.62. The highest BCUT2D eigenvalue weighted by Crippen LogP contribution is 2.35. The van der Waals surface area contributed by atoms with Crippen LogP contribution in [0.2, 0.25) is 0 Å². The number of rotatable bonds is 12. The van der Waals surface area contributed by atoms with Crippen LogP contribution in [0.25, 0.3) is 18.2 Å². The summed E-state index contributed by atoms with van der Waals surface area (Å²) in [7, 11) is 0. The van der Waals surface area contributed by atoms with Crippen LogP contribution in [-0.4, -0.2) is 95.1 Å². The summed E-state index contributed by atoms with van der Waals surface area (Å²) < 4.78 is 16.6. The second-order valence-corrected chi connectivity index (χ2v) is 11.2. The molecule has 0 amide bonds. The van der Waals surface area contributed by atoms with E-state index in [9.17, 15) is 60.0 Å². The minimum atomic E-state index is -2.56. The molecule has 0 unspecified atom stereocenters. The predicted octanol–water partition coefficient (Wildman–Crippen LogP) is 2.75. The second kappa shape index (κ2) is 15.7. The number of aromatic hydroxyl groups is 6. The van der Waals surface area contributed by atoms with E-state index >= 15 is 0 Å². The number of phenolic OH excluding ortho intramolecular Hbond substituents is 6. The summed E-state index contributed by atoms with van der Waals surface area (Å²) in [5, 5.41) is 78.4. The van der Waals surface area contributed by atoms with Gasteiger partial charge in [-0.1, -0.05) is 24.3 Å². The molecule has 0 aliphatic heterocycles. The van der Waals surface area contributed by atoms with Gasteiger partial charge in [0.1, 0.15) is 18.8 Å². The van der Waals surface area contributed by atoms with E-state index in [4.69, 9.17) is 14.2 Å². The molecule has 4 rings (SSSR count). The van der Waals surface area contributed by atoms with Crippen molar-refractivity contribution in [3.63, 3.8) is 0 Å². The highest BCUT2D eigenvalue weighted by molar-refractivity contribution is 5.94. The molecule has 4 atom stereocenters. The van der Waals surface area contributed by atoms with Gasteiger partial charge < -0.3 is 55.1 Å². The number of esters is 2. The maximum absolute atomic E-state index is 13.0. The van der Waals surface area contributed by atoms with Crippen LogP contribution in [0.4, 0.5) is 0 Å². The number of ketones is 1. The van der Waals surface area contributed by atoms with Crippen LogP contribution in [-0.2, 0) is 33.4 Å². The fourth-order valence-electron chi connectivity index (χ4n) is 4.86. The number of phenols is 6. The zero-order valence-corrected chi connectivity index (χ0v) is 25.9. The van der Waals surface area contributed by atoms with Crippen molar-refractivity contribution < 1.29 is 74.2 Å². The zero-order valence-electron chi connectivity index (χ0n) is 25.9. The molecule has 8 N–H and O–H groups in total. The molecule has 262 valence electrons. The summed E-state index contributed by atoms with van der Waals surface area (Å²) in [5.41, 5.74) is -1.67. The van der Waals surface area contributed by atoms with Gasteiger partial charge in [0, 0.05) is 25.0 Å². The molecular weight excluding hydrogens is 660 g/mol. The first-order valence-corrected chi connectivity index (χ1v) is 14.7. The number of aliphatic hydroxyl groups is 1. The molecule has 0 heterocycles. The minimum Gasteiger partial charge on any atom is -0.504 e. The van der Waals surface area contributed by atoms with Gasteiger partial charge in [0.2, 0.25) is 0 Å². The Bertz CT molecular complexity index is 1860. The van der Waals surface area contributed by atoms with Gasteiger partial charge in [0.25, 0.3) is 0 Å². The van der Waals surface area contributed by atoms with Gasteiger partial charge in [0.15, 0.2) is 52.0 Å². The summed E-state index contributed by atoms with van der Waals surface area (Å²) in [5.74, 6) is -7.04. The summed E-state index contributed by atoms with van der Waals surface area (Å²) in [4.78, 5) is 50.6. The number of benzene rings is 3.